The maximum absolute atomic E-state index is 11.7. The average Bonchev–Trinajstić information content (AvgIpc) is 2.83. The molecule has 1 heterocycles. The maximum Gasteiger partial charge on any atom is 0.231 e. The zero-order chi connectivity index (χ0) is 13.7. The van der Waals surface area contributed by atoms with Crippen LogP contribution in [-0.2, 0) is 11.3 Å². The van der Waals surface area contributed by atoms with Gasteiger partial charge in [0.05, 0.1) is 0 Å². The lowest BCUT2D eigenvalue weighted by molar-refractivity contribution is -0.121. The highest BCUT2D eigenvalue weighted by Crippen LogP contribution is 2.32. The van der Waals surface area contributed by atoms with Crippen LogP contribution in [0.5, 0.6) is 11.5 Å². The summed E-state index contributed by atoms with van der Waals surface area (Å²) in [6.07, 6.45) is 2.24. The van der Waals surface area contributed by atoms with Gasteiger partial charge in [0.25, 0.3) is 0 Å². The van der Waals surface area contributed by atoms with Gasteiger partial charge in [0.2, 0.25) is 12.7 Å². The van der Waals surface area contributed by atoms with Crippen molar-refractivity contribution < 1.29 is 14.3 Å². The van der Waals surface area contributed by atoms with Gasteiger partial charge in [-0.05, 0) is 24.1 Å². The summed E-state index contributed by atoms with van der Waals surface area (Å²) in [5.41, 5.74) is 6.82. The van der Waals surface area contributed by atoms with E-state index in [4.69, 9.17) is 15.2 Å². The summed E-state index contributed by atoms with van der Waals surface area (Å²) in [6, 6.07) is 5.60. The van der Waals surface area contributed by atoms with Crippen molar-refractivity contribution in [3.8, 4) is 11.5 Å². The van der Waals surface area contributed by atoms with Gasteiger partial charge in [-0.3, -0.25) is 4.79 Å². The molecule has 2 rings (SSSR count). The lowest BCUT2D eigenvalue weighted by Crippen LogP contribution is -2.31. The second-order valence-electron chi connectivity index (χ2n) is 4.72. The molecule has 1 aliphatic rings. The van der Waals surface area contributed by atoms with E-state index in [0.717, 1.165) is 29.9 Å². The minimum absolute atomic E-state index is 0.0152. The van der Waals surface area contributed by atoms with Gasteiger partial charge in [-0.15, -0.1) is 0 Å². The van der Waals surface area contributed by atoms with E-state index in [9.17, 15) is 4.79 Å². The van der Waals surface area contributed by atoms with Crippen molar-refractivity contribution in [2.24, 2.45) is 5.73 Å². The van der Waals surface area contributed by atoms with Crippen LogP contribution in [0.25, 0.3) is 0 Å². The number of benzene rings is 1. The van der Waals surface area contributed by atoms with Crippen molar-refractivity contribution >= 4 is 5.91 Å². The summed E-state index contributed by atoms with van der Waals surface area (Å²) >= 11 is 0. The topological polar surface area (TPSA) is 73.6 Å². The van der Waals surface area contributed by atoms with E-state index in [1.165, 1.54) is 0 Å². The fourth-order valence-electron chi connectivity index (χ4n) is 2.03. The monoisotopic (exact) mass is 264 g/mol. The molecule has 1 aromatic rings. The highest BCUT2D eigenvalue weighted by atomic mass is 16.7. The predicted octanol–water partition coefficient (Wildman–Crippen LogP) is 1.55. The maximum atomic E-state index is 11.7. The highest BCUT2D eigenvalue weighted by Gasteiger charge is 2.13. The zero-order valence-corrected chi connectivity index (χ0v) is 11.1. The molecule has 0 saturated carbocycles. The quantitative estimate of drug-likeness (QED) is 0.817. The second kappa shape index (κ2) is 6.43. The summed E-state index contributed by atoms with van der Waals surface area (Å²) in [5, 5.41) is 2.86. The third kappa shape index (κ3) is 3.86. The van der Waals surface area contributed by atoms with Crippen molar-refractivity contribution in [2.75, 3.05) is 6.79 Å². The summed E-state index contributed by atoms with van der Waals surface area (Å²) in [6.45, 7) is 2.80. The molecule has 0 aliphatic carbocycles. The van der Waals surface area contributed by atoms with E-state index >= 15 is 0 Å². The Labute approximate surface area is 113 Å². The van der Waals surface area contributed by atoms with E-state index in [1.54, 1.807) is 0 Å². The van der Waals surface area contributed by atoms with Crippen LogP contribution in [0.4, 0.5) is 0 Å². The molecule has 5 nitrogen and oxygen atoms in total. The highest BCUT2D eigenvalue weighted by molar-refractivity contribution is 5.76. The van der Waals surface area contributed by atoms with Crippen molar-refractivity contribution in [3.63, 3.8) is 0 Å². The van der Waals surface area contributed by atoms with Crippen molar-refractivity contribution in [1.82, 2.24) is 5.32 Å². The van der Waals surface area contributed by atoms with Gasteiger partial charge >= 0.3 is 0 Å². The number of hydrogen-bond acceptors (Lipinski definition) is 4. The van der Waals surface area contributed by atoms with Crippen LogP contribution >= 0.6 is 0 Å². The molecular formula is C14H20N2O3. The van der Waals surface area contributed by atoms with Crippen molar-refractivity contribution in [3.05, 3.63) is 23.8 Å². The Balaban J connectivity index is 1.80. The Kier molecular flexibility index (Phi) is 4.63. The van der Waals surface area contributed by atoms with Gasteiger partial charge in [-0.2, -0.15) is 0 Å². The summed E-state index contributed by atoms with van der Waals surface area (Å²) in [5.74, 6) is 1.47. The predicted molar refractivity (Wildman–Crippen MR) is 71.9 cm³/mol. The largest absolute Gasteiger partial charge is 0.454 e. The molecular weight excluding hydrogens is 244 g/mol. The molecule has 1 atom stereocenters. The Morgan fingerprint density at radius 2 is 2.21 bits per heavy atom. The molecule has 104 valence electrons. The van der Waals surface area contributed by atoms with E-state index < -0.39 is 0 Å². The van der Waals surface area contributed by atoms with E-state index in [-0.39, 0.29) is 18.7 Å². The van der Waals surface area contributed by atoms with Crippen LogP contribution in [0.2, 0.25) is 0 Å². The number of hydrogen-bond donors (Lipinski definition) is 2. The Morgan fingerprint density at radius 3 is 3.00 bits per heavy atom. The van der Waals surface area contributed by atoms with Gasteiger partial charge < -0.3 is 20.5 Å². The number of nitrogens with two attached hydrogens (primary N) is 1. The standard InChI is InChI=1S/C14H20N2O3/c1-2-3-11(15)7-14(17)16-8-10-4-5-12-13(6-10)19-9-18-12/h4-6,11H,2-3,7-9,15H2,1H3,(H,16,17). The summed E-state index contributed by atoms with van der Waals surface area (Å²) in [7, 11) is 0. The van der Waals surface area contributed by atoms with Crippen molar-refractivity contribution in [2.45, 2.75) is 38.8 Å². The summed E-state index contributed by atoms with van der Waals surface area (Å²) < 4.78 is 10.5. The van der Waals surface area contributed by atoms with E-state index in [1.807, 2.05) is 18.2 Å². The average molecular weight is 264 g/mol. The Bertz CT molecular complexity index is 448. The van der Waals surface area contributed by atoms with Crippen molar-refractivity contribution in [1.29, 1.82) is 0 Å². The molecule has 0 spiro atoms. The number of carbonyl (C=O) groups excluding carboxylic acids is 1. The molecule has 1 aliphatic heterocycles. The van der Waals surface area contributed by atoms with Crippen LogP contribution in [0, 0.1) is 0 Å². The van der Waals surface area contributed by atoms with Gasteiger partial charge in [-0.1, -0.05) is 19.4 Å². The molecule has 19 heavy (non-hydrogen) atoms. The first-order valence-electron chi connectivity index (χ1n) is 6.60. The SMILES string of the molecule is CCCC(N)CC(=O)NCc1ccc2c(c1)OCO2. The Hall–Kier alpha value is -1.75. The third-order valence-electron chi connectivity index (χ3n) is 3.03. The normalized spacial score (nSPS) is 14.2. The fourth-order valence-corrected chi connectivity index (χ4v) is 2.03. The van der Waals surface area contributed by atoms with Crippen LogP contribution in [-0.4, -0.2) is 18.7 Å². The fraction of sp³-hybridized carbons (Fsp3) is 0.500. The van der Waals surface area contributed by atoms with Crippen LogP contribution in [0.3, 0.4) is 0 Å². The molecule has 0 bridgehead atoms. The molecule has 1 unspecified atom stereocenters. The molecule has 0 aromatic heterocycles. The van der Waals surface area contributed by atoms with Gasteiger partial charge in [-0.25, -0.2) is 0 Å². The van der Waals surface area contributed by atoms with Crippen LogP contribution in [0.1, 0.15) is 31.7 Å². The molecule has 5 heteroatoms. The number of rotatable bonds is 6. The van der Waals surface area contributed by atoms with Crippen LogP contribution < -0.4 is 20.5 Å². The second-order valence-corrected chi connectivity index (χ2v) is 4.72. The number of amides is 1. The van der Waals surface area contributed by atoms with E-state index in [2.05, 4.69) is 12.2 Å². The molecule has 1 aromatic carbocycles. The number of fused-ring (bicyclic) bond motifs is 1. The molecule has 0 saturated heterocycles. The lowest BCUT2D eigenvalue weighted by Gasteiger charge is -2.10. The van der Waals surface area contributed by atoms with Gasteiger partial charge in [0.15, 0.2) is 11.5 Å². The molecule has 3 N–H and O–H groups in total. The third-order valence-corrected chi connectivity index (χ3v) is 3.03. The first kappa shape index (κ1) is 13.7. The minimum Gasteiger partial charge on any atom is -0.454 e. The number of ether oxygens (including phenoxy) is 2. The first-order valence-corrected chi connectivity index (χ1v) is 6.60. The first-order chi connectivity index (χ1) is 9.19. The Morgan fingerprint density at radius 1 is 1.42 bits per heavy atom. The van der Waals surface area contributed by atoms with Crippen LogP contribution in [0.15, 0.2) is 18.2 Å². The zero-order valence-electron chi connectivity index (χ0n) is 11.1. The van der Waals surface area contributed by atoms with E-state index in [0.29, 0.717) is 13.0 Å². The minimum atomic E-state index is -0.0539. The molecule has 0 fully saturated rings. The molecule has 0 radical (unpaired) electrons. The number of carbonyl (C=O) groups is 1. The lowest BCUT2D eigenvalue weighted by atomic mass is 10.1. The van der Waals surface area contributed by atoms with Gasteiger partial charge in [0.1, 0.15) is 0 Å². The summed E-state index contributed by atoms with van der Waals surface area (Å²) in [4.78, 5) is 11.7. The number of nitrogens with one attached hydrogen (secondary N) is 1. The van der Waals surface area contributed by atoms with Gasteiger partial charge in [0, 0.05) is 19.0 Å². The smallest absolute Gasteiger partial charge is 0.231 e. The molecule has 1 amide bonds.